The Bertz CT molecular complexity index is 806. The van der Waals surface area contributed by atoms with Gasteiger partial charge in [0.15, 0.2) is 0 Å². The Kier molecular flexibility index (Phi) is 12.4. The number of likely N-dealkylation sites (tertiary alicyclic amines) is 1. The van der Waals surface area contributed by atoms with Crippen LogP contribution in [0.4, 0.5) is 0 Å². The summed E-state index contributed by atoms with van der Waals surface area (Å²) in [4.78, 5) is 77.6. The molecule has 15 heteroatoms. The minimum Gasteiger partial charge on any atom is -0.480 e. The lowest BCUT2D eigenvalue weighted by Gasteiger charge is -2.32. The second-order valence-corrected chi connectivity index (χ2v) is 8.93. The van der Waals surface area contributed by atoms with Gasteiger partial charge in [-0.1, -0.05) is 0 Å². The van der Waals surface area contributed by atoms with Gasteiger partial charge in [0.1, 0.15) is 0 Å². The average molecular weight is 528 g/mol. The van der Waals surface area contributed by atoms with Crippen LogP contribution >= 0.6 is 0 Å². The van der Waals surface area contributed by atoms with Crippen LogP contribution in [-0.2, 0) is 28.8 Å². The summed E-state index contributed by atoms with van der Waals surface area (Å²) >= 11 is 0. The van der Waals surface area contributed by atoms with E-state index in [4.69, 9.17) is 0 Å². The maximum absolute atomic E-state index is 12.6. The lowest BCUT2D eigenvalue weighted by atomic mass is 10.3. The zero-order valence-corrected chi connectivity index (χ0v) is 20.7. The number of imide groups is 1. The number of amides is 3. The second kappa shape index (κ2) is 15.2. The van der Waals surface area contributed by atoms with E-state index >= 15 is 0 Å². The first-order valence-electron chi connectivity index (χ1n) is 12.0. The molecule has 4 N–H and O–H groups in total. The van der Waals surface area contributed by atoms with Gasteiger partial charge in [-0.15, -0.1) is 0 Å². The minimum atomic E-state index is -1.03. The van der Waals surface area contributed by atoms with Crippen LogP contribution in [0.15, 0.2) is 0 Å². The number of nitrogens with one attached hydrogen (secondary N) is 1. The largest absolute Gasteiger partial charge is 0.480 e. The molecule has 0 aromatic rings. The Morgan fingerprint density at radius 1 is 0.676 bits per heavy atom. The molecule has 0 atom stereocenters. The number of nitrogens with zero attached hydrogens (tertiary/aromatic N) is 5. The zero-order valence-electron chi connectivity index (χ0n) is 20.7. The Hall–Kier alpha value is -3.14. The van der Waals surface area contributed by atoms with E-state index in [2.05, 4.69) is 5.32 Å². The molecule has 0 bridgehead atoms. The lowest BCUT2D eigenvalue weighted by Crippen LogP contribution is -2.50. The van der Waals surface area contributed by atoms with Crippen LogP contribution in [0, 0.1) is 6.42 Å². The van der Waals surface area contributed by atoms with Gasteiger partial charge in [0.05, 0.1) is 32.6 Å². The zero-order chi connectivity index (χ0) is 27.4. The predicted octanol–water partition coefficient (Wildman–Crippen LogP) is -3.46. The molecule has 0 aromatic heterocycles. The Morgan fingerprint density at radius 2 is 1.05 bits per heavy atom. The summed E-state index contributed by atoms with van der Waals surface area (Å²) in [6.45, 7) is 1.73. The third-order valence-corrected chi connectivity index (χ3v) is 6.05. The lowest BCUT2D eigenvalue weighted by molar-refractivity contribution is -0.140. The molecule has 2 heterocycles. The van der Waals surface area contributed by atoms with E-state index in [1.54, 1.807) is 19.6 Å². The molecule has 3 amide bonds. The first-order chi connectivity index (χ1) is 17.5. The fourth-order valence-corrected chi connectivity index (χ4v) is 4.10. The summed E-state index contributed by atoms with van der Waals surface area (Å²) in [5, 5.41) is 30.4. The molecule has 15 nitrogen and oxygen atoms in total. The van der Waals surface area contributed by atoms with Gasteiger partial charge in [-0.2, -0.15) is 0 Å². The molecule has 207 valence electrons. The highest BCUT2D eigenvalue weighted by atomic mass is 16.4. The molecule has 37 heavy (non-hydrogen) atoms. The van der Waals surface area contributed by atoms with Crippen LogP contribution < -0.4 is 5.32 Å². The van der Waals surface area contributed by atoms with Gasteiger partial charge in [-0.05, 0) is 0 Å². The molecule has 2 rings (SSSR count). The molecular weight excluding hydrogens is 492 g/mol. The van der Waals surface area contributed by atoms with E-state index in [1.807, 2.05) is 0 Å². The van der Waals surface area contributed by atoms with Crippen LogP contribution in [0.3, 0.4) is 0 Å². The molecule has 1 radical (unpaired) electrons. The molecule has 0 spiro atoms. The van der Waals surface area contributed by atoms with Gasteiger partial charge in [-0.3, -0.25) is 53.3 Å². The van der Waals surface area contributed by atoms with Crippen molar-refractivity contribution >= 4 is 35.6 Å². The SMILES string of the molecule is O=C(O)CN1CCN(CC(=O)O)CCN(CC(=O)NCCN2C(=O)[CH]CC2=O)CCN(CC(=O)O)CC1. The van der Waals surface area contributed by atoms with Crippen LogP contribution in [-0.4, -0.2) is 167 Å². The fourth-order valence-electron chi connectivity index (χ4n) is 4.10. The summed E-state index contributed by atoms with van der Waals surface area (Å²) in [6, 6.07) is 0. The summed E-state index contributed by atoms with van der Waals surface area (Å²) in [6.07, 6.45) is 1.34. The van der Waals surface area contributed by atoms with Crippen molar-refractivity contribution < 1.29 is 44.1 Å². The van der Waals surface area contributed by atoms with Crippen molar-refractivity contribution in [1.82, 2.24) is 29.8 Å². The molecule has 2 saturated heterocycles. The summed E-state index contributed by atoms with van der Waals surface area (Å²) in [5.41, 5.74) is 0. The Balaban J connectivity index is 2.01. The first-order valence-corrected chi connectivity index (χ1v) is 12.0. The van der Waals surface area contributed by atoms with E-state index in [-0.39, 0.29) is 89.6 Å². The van der Waals surface area contributed by atoms with Gasteiger partial charge < -0.3 is 20.6 Å². The third kappa shape index (κ3) is 11.6. The van der Waals surface area contributed by atoms with E-state index in [9.17, 15) is 44.1 Å². The number of hydrogen-bond donors (Lipinski definition) is 4. The molecule has 0 aliphatic carbocycles. The van der Waals surface area contributed by atoms with Crippen molar-refractivity contribution in [3.05, 3.63) is 6.42 Å². The van der Waals surface area contributed by atoms with Crippen LogP contribution in [0.25, 0.3) is 0 Å². The number of carbonyl (C=O) groups is 6. The number of hydrogen-bond acceptors (Lipinski definition) is 10. The van der Waals surface area contributed by atoms with Gasteiger partial charge in [0, 0.05) is 71.9 Å². The van der Waals surface area contributed by atoms with Gasteiger partial charge >= 0.3 is 17.9 Å². The second-order valence-electron chi connectivity index (χ2n) is 8.93. The number of carboxylic acids is 3. The number of aliphatic carboxylic acids is 3. The van der Waals surface area contributed by atoms with Crippen molar-refractivity contribution in [2.75, 3.05) is 91.6 Å². The molecule has 2 aliphatic rings. The minimum absolute atomic E-state index is 0.0407. The maximum atomic E-state index is 12.6. The molecule has 2 fully saturated rings. The topological polar surface area (TPSA) is 191 Å². The highest BCUT2D eigenvalue weighted by molar-refractivity contribution is 6.07. The van der Waals surface area contributed by atoms with Crippen molar-refractivity contribution in [2.24, 2.45) is 0 Å². The van der Waals surface area contributed by atoms with Crippen molar-refractivity contribution in [3.63, 3.8) is 0 Å². The molecule has 0 aromatic carbocycles. The van der Waals surface area contributed by atoms with Crippen LogP contribution in [0.1, 0.15) is 6.42 Å². The molecule has 0 saturated carbocycles. The molecule has 2 aliphatic heterocycles. The number of carboxylic acid groups (broad SMARTS) is 3. The standard InChI is InChI=1S/C22H35N6O9/c29-17(23-3-4-28-18(30)1-2-19(28)31)13-24-5-7-25(14-20(32)33)9-11-27(16-22(36)37)12-10-26(8-6-24)15-21(34)35/h1H,2-16H2,(H,23,29)(H,32,33)(H,34,35)(H,36,37). The quantitative estimate of drug-likeness (QED) is 0.194. The van der Waals surface area contributed by atoms with E-state index in [1.165, 1.54) is 6.42 Å². The first kappa shape index (κ1) is 30.1. The highest BCUT2D eigenvalue weighted by Gasteiger charge is 2.28. The van der Waals surface area contributed by atoms with E-state index in [0.29, 0.717) is 26.2 Å². The normalized spacial score (nSPS) is 19.8. The van der Waals surface area contributed by atoms with E-state index in [0.717, 1.165) is 4.90 Å². The Morgan fingerprint density at radius 3 is 1.38 bits per heavy atom. The molecule has 0 unspecified atom stereocenters. The number of rotatable bonds is 11. The van der Waals surface area contributed by atoms with Crippen LogP contribution in [0.2, 0.25) is 0 Å². The van der Waals surface area contributed by atoms with Crippen molar-refractivity contribution in [2.45, 2.75) is 6.42 Å². The summed E-state index contributed by atoms with van der Waals surface area (Å²) in [5.74, 6) is -4.15. The van der Waals surface area contributed by atoms with E-state index < -0.39 is 17.9 Å². The van der Waals surface area contributed by atoms with Crippen molar-refractivity contribution in [3.8, 4) is 0 Å². The molecular formula is C22H35N6O9. The fraction of sp³-hybridized carbons (Fsp3) is 0.682. The summed E-state index contributed by atoms with van der Waals surface area (Å²) in [7, 11) is 0. The van der Waals surface area contributed by atoms with Gasteiger partial charge in [0.2, 0.25) is 17.7 Å². The summed E-state index contributed by atoms with van der Waals surface area (Å²) < 4.78 is 0. The third-order valence-electron chi connectivity index (χ3n) is 6.05. The van der Waals surface area contributed by atoms with Crippen LogP contribution in [0.5, 0.6) is 0 Å². The smallest absolute Gasteiger partial charge is 0.317 e. The van der Waals surface area contributed by atoms with Gasteiger partial charge in [0.25, 0.3) is 0 Å². The van der Waals surface area contributed by atoms with Gasteiger partial charge in [-0.25, -0.2) is 0 Å². The Labute approximate surface area is 214 Å². The average Bonchev–Trinajstić information content (AvgIpc) is 3.12. The monoisotopic (exact) mass is 527 g/mol. The number of carbonyl (C=O) groups excluding carboxylic acids is 3. The predicted molar refractivity (Wildman–Crippen MR) is 127 cm³/mol. The maximum Gasteiger partial charge on any atom is 0.317 e. The van der Waals surface area contributed by atoms with Crippen molar-refractivity contribution in [1.29, 1.82) is 0 Å². The highest BCUT2D eigenvalue weighted by Crippen LogP contribution is 2.09.